The molecule has 3 N–H and O–H groups in total. The first-order valence-corrected chi connectivity index (χ1v) is 7.31. The zero-order chi connectivity index (χ0) is 13.3. The lowest BCUT2D eigenvalue weighted by atomic mass is 10.2. The summed E-state index contributed by atoms with van der Waals surface area (Å²) in [5, 5.41) is 8.73. The summed E-state index contributed by atoms with van der Waals surface area (Å²) in [7, 11) is -3.63. The Hall–Kier alpha value is -1.34. The number of H-pyrrole nitrogens is 1. The summed E-state index contributed by atoms with van der Waals surface area (Å²) in [4.78, 5) is 13.1. The average Bonchev–Trinajstić information content (AvgIpc) is 2.91. The highest BCUT2D eigenvalue weighted by Gasteiger charge is 2.26. The molecule has 7 heteroatoms. The number of hydrogen-bond acceptors (Lipinski definition) is 3. The fraction of sp³-hybridized carbons (Fsp3) is 0.545. The molecule has 1 aliphatic carbocycles. The summed E-state index contributed by atoms with van der Waals surface area (Å²) in [6.45, 7) is 1.82. The van der Waals surface area contributed by atoms with Crippen molar-refractivity contribution in [2.45, 2.75) is 37.1 Å². The maximum Gasteiger partial charge on any atom is 0.352 e. The number of aromatic nitrogens is 1. The summed E-state index contributed by atoms with van der Waals surface area (Å²) in [6.07, 6.45) is 4.35. The summed E-state index contributed by atoms with van der Waals surface area (Å²) in [6, 6.07) is 0.986. The number of rotatable bonds is 6. The minimum atomic E-state index is -3.63. The molecule has 0 aromatic carbocycles. The Bertz CT molecular complexity index is 545. The van der Waals surface area contributed by atoms with Crippen LogP contribution in [-0.2, 0) is 10.0 Å². The molecule has 100 valence electrons. The Morgan fingerprint density at radius 3 is 2.78 bits per heavy atom. The van der Waals surface area contributed by atoms with Crippen LogP contribution in [0.15, 0.2) is 17.2 Å². The third-order valence-electron chi connectivity index (χ3n) is 2.94. The molecular formula is C11H16N2O4S. The van der Waals surface area contributed by atoms with E-state index in [0.29, 0.717) is 5.92 Å². The molecule has 0 radical (unpaired) electrons. The summed E-state index contributed by atoms with van der Waals surface area (Å²) < 4.78 is 26.5. The van der Waals surface area contributed by atoms with Crippen LogP contribution < -0.4 is 4.72 Å². The van der Waals surface area contributed by atoms with Crippen molar-refractivity contribution in [3.05, 3.63) is 18.0 Å². The molecule has 0 saturated heterocycles. The third-order valence-corrected chi connectivity index (χ3v) is 4.51. The lowest BCUT2D eigenvalue weighted by Crippen LogP contribution is -2.32. The maximum atomic E-state index is 12.0. The van der Waals surface area contributed by atoms with Gasteiger partial charge in [-0.1, -0.05) is 12.8 Å². The molecule has 1 unspecified atom stereocenters. The van der Waals surface area contributed by atoms with Gasteiger partial charge in [0.05, 0.1) is 0 Å². The molecule has 2 rings (SSSR count). The second-order valence-electron chi connectivity index (χ2n) is 4.76. The molecular weight excluding hydrogens is 256 g/mol. The first-order valence-electron chi connectivity index (χ1n) is 5.82. The van der Waals surface area contributed by atoms with Crippen LogP contribution in [0, 0.1) is 5.92 Å². The number of nitrogens with one attached hydrogen (secondary N) is 2. The smallest absolute Gasteiger partial charge is 0.352 e. The number of carboxylic acid groups (broad SMARTS) is 1. The first-order chi connectivity index (χ1) is 8.38. The Kier molecular flexibility index (Phi) is 3.45. The molecule has 1 heterocycles. The summed E-state index contributed by atoms with van der Waals surface area (Å²) >= 11 is 0. The fourth-order valence-electron chi connectivity index (χ4n) is 1.89. The van der Waals surface area contributed by atoms with Gasteiger partial charge in [0.15, 0.2) is 0 Å². The van der Waals surface area contributed by atoms with Gasteiger partial charge in [-0.2, -0.15) is 0 Å². The molecule has 6 nitrogen and oxygen atoms in total. The van der Waals surface area contributed by atoms with E-state index in [1.807, 2.05) is 6.92 Å². The molecule has 0 aliphatic heterocycles. The van der Waals surface area contributed by atoms with Crippen molar-refractivity contribution in [3.63, 3.8) is 0 Å². The van der Waals surface area contributed by atoms with Crippen LogP contribution in [0.3, 0.4) is 0 Å². The van der Waals surface area contributed by atoms with Crippen LogP contribution >= 0.6 is 0 Å². The van der Waals surface area contributed by atoms with Crippen LogP contribution in [0.25, 0.3) is 0 Å². The predicted molar refractivity (Wildman–Crippen MR) is 64.9 cm³/mol. The topological polar surface area (TPSA) is 99.3 Å². The van der Waals surface area contributed by atoms with Crippen molar-refractivity contribution in [1.29, 1.82) is 0 Å². The predicted octanol–water partition coefficient (Wildman–Crippen LogP) is 1.18. The number of sulfonamides is 1. The van der Waals surface area contributed by atoms with Gasteiger partial charge in [-0.25, -0.2) is 17.9 Å². The van der Waals surface area contributed by atoms with Crippen molar-refractivity contribution in [3.8, 4) is 0 Å². The Morgan fingerprint density at radius 2 is 2.28 bits per heavy atom. The van der Waals surface area contributed by atoms with Crippen molar-refractivity contribution in [2.75, 3.05) is 0 Å². The van der Waals surface area contributed by atoms with E-state index in [-0.39, 0.29) is 16.6 Å². The number of aromatic carboxylic acids is 1. The van der Waals surface area contributed by atoms with Gasteiger partial charge in [0.1, 0.15) is 10.6 Å². The van der Waals surface area contributed by atoms with Gasteiger partial charge in [-0.05, 0) is 25.3 Å². The van der Waals surface area contributed by atoms with E-state index in [1.165, 1.54) is 19.0 Å². The van der Waals surface area contributed by atoms with Crippen LogP contribution in [0.1, 0.15) is 36.7 Å². The van der Waals surface area contributed by atoms with Gasteiger partial charge in [-0.15, -0.1) is 0 Å². The van der Waals surface area contributed by atoms with Crippen molar-refractivity contribution >= 4 is 16.0 Å². The fourth-order valence-corrected chi connectivity index (χ4v) is 3.14. The van der Waals surface area contributed by atoms with Gasteiger partial charge in [0, 0.05) is 12.2 Å². The van der Waals surface area contributed by atoms with E-state index < -0.39 is 16.0 Å². The minimum absolute atomic E-state index is 0.0393. The molecule has 18 heavy (non-hydrogen) atoms. The standard InChI is InChI=1S/C11H16N2O4S/c1-7(4-8-2-3-8)13-18(16,17)9-5-10(11(14)15)12-6-9/h5-8,12-13H,2-4H2,1H3,(H,14,15). The summed E-state index contributed by atoms with van der Waals surface area (Å²) in [5.74, 6) is -0.550. The molecule has 1 aliphatic rings. The van der Waals surface area contributed by atoms with E-state index in [0.717, 1.165) is 12.5 Å². The van der Waals surface area contributed by atoms with E-state index in [9.17, 15) is 13.2 Å². The first kappa shape index (κ1) is 13.1. The zero-order valence-electron chi connectivity index (χ0n) is 10.0. The zero-order valence-corrected chi connectivity index (χ0v) is 10.8. The quantitative estimate of drug-likeness (QED) is 0.724. The van der Waals surface area contributed by atoms with Crippen molar-refractivity contribution < 1.29 is 18.3 Å². The third kappa shape index (κ3) is 3.11. The highest BCUT2D eigenvalue weighted by atomic mass is 32.2. The average molecular weight is 272 g/mol. The Balaban J connectivity index is 2.06. The summed E-state index contributed by atoms with van der Waals surface area (Å²) in [5.41, 5.74) is -0.134. The molecule has 1 atom stereocenters. The largest absolute Gasteiger partial charge is 0.477 e. The van der Waals surface area contributed by atoms with E-state index in [4.69, 9.17) is 5.11 Å². The van der Waals surface area contributed by atoms with Crippen molar-refractivity contribution in [1.82, 2.24) is 9.71 Å². The molecule has 1 fully saturated rings. The van der Waals surface area contributed by atoms with Gasteiger partial charge in [-0.3, -0.25) is 0 Å². The Morgan fingerprint density at radius 1 is 1.61 bits per heavy atom. The van der Waals surface area contributed by atoms with Gasteiger partial charge in [0.25, 0.3) is 0 Å². The maximum absolute atomic E-state index is 12.0. The monoisotopic (exact) mass is 272 g/mol. The number of aromatic amines is 1. The SMILES string of the molecule is CC(CC1CC1)NS(=O)(=O)c1c[nH]c(C(=O)O)c1. The number of hydrogen-bond donors (Lipinski definition) is 3. The van der Waals surface area contributed by atoms with Gasteiger partial charge < -0.3 is 10.1 Å². The van der Waals surface area contributed by atoms with Crippen molar-refractivity contribution in [2.24, 2.45) is 5.92 Å². The normalized spacial score (nSPS) is 17.6. The molecule has 1 aromatic heterocycles. The molecule has 0 amide bonds. The molecule has 0 spiro atoms. The number of carbonyl (C=O) groups is 1. The minimum Gasteiger partial charge on any atom is -0.477 e. The van der Waals surface area contributed by atoms with Crippen LogP contribution in [0.4, 0.5) is 0 Å². The van der Waals surface area contributed by atoms with Crippen LogP contribution in [0.5, 0.6) is 0 Å². The Labute approximate surface area is 105 Å². The van der Waals surface area contributed by atoms with Crippen LogP contribution in [0.2, 0.25) is 0 Å². The number of carboxylic acids is 1. The van der Waals surface area contributed by atoms with E-state index >= 15 is 0 Å². The van der Waals surface area contributed by atoms with Gasteiger partial charge in [0.2, 0.25) is 10.0 Å². The second kappa shape index (κ2) is 4.74. The molecule has 0 bridgehead atoms. The van der Waals surface area contributed by atoms with E-state index in [2.05, 4.69) is 9.71 Å². The van der Waals surface area contributed by atoms with Gasteiger partial charge >= 0.3 is 5.97 Å². The second-order valence-corrected chi connectivity index (χ2v) is 6.47. The molecule has 1 saturated carbocycles. The highest BCUT2D eigenvalue weighted by molar-refractivity contribution is 7.89. The lowest BCUT2D eigenvalue weighted by molar-refractivity contribution is 0.0691. The lowest BCUT2D eigenvalue weighted by Gasteiger charge is -2.12. The van der Waals surface area contributed by atoms with E-state index in [1.54, 1.807) is 0 Å². The molecule has 1 aromatic rings. The van der Waals surface area contributed by atoms with Crippen LogP contribution in [-0.4, -0.2) is 30.5 Å². The highest BCUT2D eigenvalue weighted by Crippen LogP contribution is 2.33.